The number of halogens is 2. The summed E-state index contributed by atoms with van der Waals surface area (Å²) >= 11 is 11.5. The maximum atomic E-state index is 9.70. The summed E-state index contributed by atoms with van der Waals surface area (Å²) < 4.78 is 0. The molecular formula is C10H9Cl2NO. The topological polar surface area (TPSA) is 44.0 Å². The summed E-state index contributed by atoms with van der Waals surface area (Å²) in [5.41, 5.74) is 0.566. The van der Waals surface area contributed by atoms with Gasteiger partial charge in [-0.2, -0.15) is 5.26 Å². The quantitative estimate of drug-likeness (QED) is 0.847. The summed E-state index contributed by atoms with van der Waals surface area (Å²) in [6.07, 6.45) is -0.851. The molecule has 0 aliphatic heterocycles. The molecular weight excluding hydrogens is 221 g/mol. The minimum absolute atomic E-state index is 0.455. The van der Waals surface area contributed by atoms with E-state index in [0.29, 0.717) is 15.6 Å². The first-order valence-electron chi connectivity index (χ1n) is 4.08. The van der Waals surface area contributed by atoms with Gasteiger partial charge in [-0.3, -0.25) is 0 Å². The molecule has 0 aromatic heterocycles. The van der Waals surface area contributed by atoms with Crippen molar-refractivity contribution < 1.29 is 5.11 Å². The first-order chi connectivity index (χ1) is 6.54. The first-order valence-corrected chi connectivity index (χ1v) is 4.84. The summed E-state index contributed by atoms with van der Waals surface area (Å²) in [5.74, 6) is -0.482. The Morgan fingerprint density at radius 2 is 1.79 bits per heavy atom. The Bertz CT molecular complexity index is 353. The van der Waals surface area contributed by atoms with E-state index in [1.165, 1.54) is 0 Å². The second-order valence-corrected chi connectivity index (χ2v) is 3.94. The smallest absolute Gasteiger partial charge is 0.0946 e. The average molecular weight is 230 g/mol. The van der Waals surface area contributed by atoms with Gasteiger partial charge in [-0.25, -0.2) is 0 Å². The zero-order valence-electron chi connectivity index (χ0n) is 7.54. The van der Waals surface area contributed by atoms with Crippen molar-refractivity contribution in [2.75, 3.05) is 0 Å². The van der Waals surface area contributed by atoms with Crippen LogP contribution in [0.3, 0.4) is 0 Å². The highest BCUT2D eigenvalue weighted by molar-refractivity contribution is 6.34. The highest BCUT2D eigenvalue weighted by atomic mass is 35.5. The van der Waals surface area contributed by atoms with E-state index in [2.05, 4.69) is 0 Å². The van der Waals surface area contributed by atoms with Gasteiger partial charge in [-0.05, 0) is 30.7 Å². The highest BCUT2D eigenvalue weighted by Gasteiger charge is 2.16. The molecule has 2 nitrogen and oxygen atoms in total. The van der Waals surface area contributed by atoms with Crippen LogP contribution in [0.5, 0.6) is 0 Å². The van der Waals surface area contributed by atoms with E-state index in [-0.39, 0.29) is 0 Å². The fraction of sp³-hybridized carbons (Fsp3) is 0.300. The maximum absolute atomic E-state index is 9.70. The van der Waals surface area contributed by atoms with Crippen molar-refractivity contribution in [3.05, 3.63) is 33.8 Å². The van der Waals surface area contributed by atoms with E-state index in [1.54, 1.807) is 25.1 Å². The summed E-state index contributed by atoms with van der Waals surface area (Å²) in [4.78, 5) is 0. The predicted molar refractivity (Wildman–Crippen MR) is 56.2 cm³/mol. The molecule has 14 heavy (non-hydrogen) atoms. The Hall–Kier alpha value is -0.750. The SMILES string of the molecule is CC(C#N)C(O)c1cc(Cl)cc(Cl)c1. The van der Waals surface area contributed by atoms with E-state index in [1.807, 2.05) is 6.07 Å². The van der Waals surface area contributed by atoms with Gasteiger partial charge in [0.15, 0.2) is 0 Å². The molecule has 0 amide bonds. The van der Waals surface area contributed by atoms with E-state index < -0.39 is 12.0 Å². The first kappa shape index (κ1) is 11.3. The second-order valence-electron chi connectivity index (χ2n) is 3.07. The lowest BCUT2D eigenvalue weighted by Gasteiger charge is -2.13. The van der Waals surface area contributed by atoms with Gasteiger partial charge in [0.1, 0.15) is 0 Å². The third-order valence-electron chi connectivity index (χ3n) is 1.90. The van der Waals surface area contributed by atoms with Crippen molar-refractivity contribution in [1.82, 2.24) is 0 Å². The van der Waals surface area contributed by atoms with Crippen LogP contribution >= 0.6 is 23.2 Å². The van der Waals surface area contributed by atoms with Crippen LogP contribution in [0.25, 0.3) is 0 Å². The molecule has 0 bridgehead atoms. The number of rotatable bonds is 2. The molecule has 1 aromatic carbocycles. The fourth-order valence-corrected chi connectivity index (χ4v) is 1.65. The summed E-state index contributed by atoms with van der Waals surface area (Å²) in [5, 5.41) is 19.2. The number of aliphatic hydroxyl groups is 1. The Morgan fingerprint density at radius 3 is 2.21 bits per heavy atom. The average Bonchev–Trinajstić information content (AvgIpc) is 2.14. The van der Waals surface area contributed by atoms with Crippen LogP contribution in [0.2, 0.25) is 10.0 Å². The molecule has 0 radical (unpaired) electrons. The molecule has 1 aromatic rings. The summed E-state index contributed by atoms with van der Waals surface area (Å²) in [6, 6.07) is 6.75. The molecule has 2 unspecified atom stereocenters. The van der Waals surface area contributed by atoms with Crippen molar-refractivity contribution in [2.45, 2.75) is 13.0 Å². The standard InChI is InChI=1S/C10H9Cl2NO/c1-6(5-13)10(14)7-2-8(11)4-9(12)3-7/h2-4,6,10,14H,1H3. The Kier molecular flexibility index (Phi) is 3.77. The minimum atomic E-state index is -0.851. The highest BCUT2D eigenvalue weighted by Crippen LogP contribution is 2.27. The maximum Gasteiger partial charge on any atom is 0.0946 e. The van der Waals surface area contributed by atoms with Gasteiger partial charge in [-0.1, -0.05) is 23.2 Å². The van der Waals surface area contributed by atoms with Crippen LogP contribution in [-0.4, -0.2) is 5.11 Å². The Balaban J connectivity index is 3.02. The number of nitrogens with zero attached hydrogens (tertiary/aromatic N) is 1. The molecule has 0 aliphatic carbocycles. The number of hydrogen-bond donors (Lipinski definition) is 1. The van der Waals surface area contributed by atoms with E-state index >= 15 is 0 Å². The van der Waals surface area contributed by atoms with Crippen molar-refractivity contribution >= 4 is 23.2 Å². The van der Waals surface area contributed by atoms with Crippen LogP contribution < -0.4 is 0 Å². The van der Waals surface area contributed by atoms with Gasteiger partial charge in [0, 0.05) is 10.0 Å². The third kappa shape index (κ3) is 2.62. The molecule has 2 atom stereocenters. The lowest BCUT2D eigenvalue weighted by molar-refractivity contribution is 0.143. The van der Waals surface area contributed by atoms with Crippen molar-refractivity contribution in [1.29, 1.82) is 5.26 Å². The predicted octanol–water partition coefficient (Wildman–Crippen LogP) is 3.19. The molecule has 0 fully saturated rings. The molecule has 1 N–H and O–H groups in total. The number of benzene rings is 1. The van der Waals surface area contributed by atoms with Gasteiger partial charge in [-0.15, -0.1) is 0 Å². The van der Waals surface area contributed by atoms with Gasteiger partial charge in [0.05, 0.1) is 18.1 Å². The van der Waals surface area contributed by atoms with Gasteiger partial charge < -0.3 is 5.11 Å². The van der Waals surface area contributed by atoms with Crippen LogP contribution in [0, 0.1) is 17.2 Å². The molecule has 0 spiro atoms. The van der Waals surface area contributed by atoms with Gasteiger partial charge in [0.25, 0.3) is 0 Å². The monoisotopic (exact) mass is 229 g/mol. The van der Waals surface area contributed by atoms with Gasteiger partial charge in [0.2, 0.25) is 0 Å². The number of nitriles is 1. The van der Waals surface area contributed by atoms with Crippen molar-refractivity contribution in [3.63, 3.8) is 0 Å². The van der Waals surface area contributed by atoms with E-state index in [0.717, 1.165) is 0 Å². The van der Waals surface area contributed by atoms with Crippen molar-refractivity contribution in [2.24, 2.45) is 5.92 Å². The third-order valence-corrected chi connectivity index (χ3v) is 2.34. The Labute approximate surface area is 92.7 Å². The van der Waals surface area contributed by atoms with E-state index in [9.17, 15) is 5.11 Å². The molecule has 1 rings (SSSR count). The number of hydrogen-bond acceptors (Lipinski definition) is 2. The van der Waals surface area contributed by atoms with Gasteiger partial charge >= 0.3 is 0 Å². The zero-order chi connectivity index (χ0) is 10.7. The minimum Gasteiger partial charge on any atom is -0.387 e. The Morgan fingerprint density at radius 1 is 1.29 bits per heavy atom. The fourth-order valence-electron chi connectivity index (χ4n) is 1.11. The van der Waals surface area contributed by atoms with Crippen LogP contribution in [-0.2, 0) is 0 Å². The van der Waals surface area contributed by atoms with Crippen LogP contribution in [0.1, 0.15) is 18.6 Å². The molecule has 4 heteroatoms. The second kappa shape index (κ2) is 4.65. The molecule has 74 valence electrons. The zero-order valence-corrected chi connectivity index (χ0v) is 9.05. The van der Waals surface area contributed by atoms with Crippen LogP contribution in [0.4, 0.5) is 0 Å². The molecule has 0 saturated heterocycles. The number of aliphatic hydroxyl groups excluding tert-OH is 1. The summed E-state index contributed by atoms with van der Waals surface area (Å²) in [6.45, 7) is 1.64. The normalized spacial score (nSPS) is 14.5. The largest absolute Gasteiger partial charge is 0.387 e. The van der Waals surface area contributed by atoms with Crippen molar-refractivity contribution in [3.8, 4) is 6.07 Å². The molecule has 0 aliphatic rings. The summed E-state index contributed by atoms with van der Waals surface area (Å²) in [7, 11) is 0. The van der Waals surface area contributed by atoms with Crippen LogP contribution in [0.15, 0.2) is 18.2 Å². The molecule has 0 heterocycles. The lowest BCUT2D eigenvalue weighted by Crippen LogP contribution is -2.06. The van der Waals surface area contributed by atoms with E-state index in [4.69, 9.17) is 28.5 Å². The molecule has 0 saturated carbocycles. The lowest BCUT2D eigenvalue weighted by atomic mass is 9.99.